The minimum absolute atomic E-state index is 0.0445. The first-order valence-electron chi connectivity index (χ1n) is 5.48. The molecule has 0 bridgehead atoms. The van der Waals surface area contributed by atoms with Crippen molar-refractivity contribution in [3.63, 3.8) is 0 Å². The van der Waals surface area contributed by atoms with E-state index in [9.17, 15) is 14.6 Å². The van der Waals surface area contributed by atoms with Crippen molar-refractivity contribution in [3.8, 4) is 22.6 Å². The smallest absolute Gasteiger partial charge is 0.139 e. The summed E-state index contributed by atoms with van der Waals surface area (Å²) in [6.07, 6.45) is 0. The van der Waals surface area contributed by atoms with Crippen LogP contribution in [0.3, 0.4) is 0 Å². The molecule has 0 fully saturated rings. The number of halogens is 1. The van der Waals surface area contributed by atoms with Gasteiger partial charge in [0, 0.05) is 25.7 Å². The fraction of sp³-hybridized carbons (Fsp3) is 0.143. The van der Waals surface area contributed by atoms with E-state index < -0.39 is 0 Å². The van der Waals surface area contributed by atoms with Crippen LogP contribution in [0.25, 0.3) is 11.1 Å². The first kappa shape index (κ1) is 12.2. The van der Waals surface area contributed by atoms with Gasteiger partial charge >= 0.3 is 0 Å². The highest BCUT2D eigenvalue weighted by molar-refractivity contribution is 5.77. The van der Waals surface area contributed by atoms with Crippen molar-refractivity contribution in [1.29, 1.82) is 0 Å². The minimum Gasteiger partial charge on any atom is -0.507 e. The Morgan fingerprint density at radius 2 is 1.56 bits per heavy atom. The average molecular weight is 247 g/mol. The third kappa shape index (κ3) is 2.22. The predicted molar refractivity (Wildman–Crippen MR) is 69.5 cm³/mol. The van der Waals surface area contributed by atoms with Crippen LogP contribution in [-0.2, 0) is 0 Å². The molecule has 0 aromatic heterocycles. The van der Waals surface area contributed by atoms with Gasteiger partial charge in [0.2, 0.25) is 0 Å². The molecule has 0 aliphatic carbocycles. The molecular formula is C14H14FNO2. The summed E-state index contributed by atoms with van der Waals surface area (Å²) in [5, 5.41) is 19.8. The van der Waals surface area contributed by atoms with Crippen LogP contribution in [-0.4, -0.2) is 24.3 Å². The summed E-state index contributed by atoms with van der Waals surface area (Å²) in [6.45, 7) is 0. The molecule has 0 aliphatic heterocycles. The Hall–Kier alpha value is -2.23. The molecule has 0 heterocycles. The van der Waals surface area contributed by atoms with E-state index in [2.05, 4.69) is 0 Å². The molecule has 2 rings (SSSR count). The third-order valence-electron chi connectivity index (χ3n) is 2.73. The lowest BCUT2D eigenvalue weighted by Gasteiger charge is -2.16. The fourth-order valence-corrected chi connectivity index (χ4v) is 1.78. The summed E-state index contributed by atoms with van der Waals surface area (Å²) in [5.41, 5.74) is 1.64. The van der Waals surface area contributed by atoms with Gasteiger partial charge in [-0.2, -0.15) is 0 Å². The second kappa shape index (κ2) is 4.56. The molecule has 18 heavy (non-hydrogen) atoms. The zero-order valence-corrected chi connectivity index (χ0v) is 10.2. The van der Waals surface area contributed by atoms with Crippen molar-refractivity contribution in [2.75, 3.05) is 19.0 Å². The summed E-state index contributed by atoms with van der Waals surface area (Å²) in [6, 6.07) is 8.68. The monoisotopic (exact) mass is 247 g/mol. The molecular weight excluding hydrogens is 233 g/mol. The Morgan fingerprint density at radius 1 is 0.944 bits per heavy atom. The van der Waals surface area contributed by atoms with E-state index in [-0.39, 0.29) is 17.3 Å². The van der Waals surface area contributed by atoms with Crippen molar-refractivity contribution < 1.29 is 14.6 Å². The molecule has 0 aliphatic rings. The number of anilines is 1. The SMILES string of the molecule is CN(C)c1cc(O)c(-c2ccc(F)cc2)cc1O. The van der Waals surface area contributed by atoms with Gasteiger partial charge in [-0.15, -0.1) is 0 Å². The fourth-order valence-electron chi connectivity index (χ4n) is 1.78. The number of rotatable bonds is 2. The van der Waals surface area contributed by atoms with Gasteiger partial charge in [-0.1, -0.05) is 12.1 Å². The Kier molecular flexibility index (Phi) is 3.10. The number of phenolic OH excluding ortho intramolecular Hbond substituents is 2. The topological polar surface area (TPSA) is 43.7 Å². The van der Waals surface area contributed by atoms with E-state index in [0.29, 0.717) is 16.8 Å². The molecule has 0 saturated carbocycles. The zero-order chi connectivity index (χ0) is 13.3. The molecule has 0 radical (unpaired) electrons. The van der Waals surface area contributed by atoms with Crippen LogP contribution in [0.15, 0.2) is 36.4 Å². The summed E-state index contributed by atoms with van der Waals surface area (Å²) in [4.78, 5) is 1.70. The number of benzene rings is 2. The first-order valence-corrected chi connectivity index (χ1v) is 5.48. The molecule has 2 aromatic carbocycles. The Labute approximate surface area is 105 Å². The van der Waals surface area contributed by atoms with Crippen molar-refractivity contribution in [3.05, 3.63) is 42.2 Å². The molecule has 0 saturated heterocycles. The predicted octanol–water partition coefficient (Wildman–Crippen LogP) is 2.97. The second-order valence-corrected chi connectivity index (χ2v) is 4.26. The standard InChI is InChI=1S/C14H14FNO2/c1-16(2)12-8-13(17)11(7-14(12)18)9-3-5-10(15)6-4-9/h3-8,17-18H,1-2H3. The lowest BCUT2D eigenvalue weighted by Crippen LogP contribution is -2.08. The third-order valence-corrected chi connectivity index (χ3v) is 2.73. The molecule has 94 valence electrons. The van der Waals surface area contributed by atoms with Crippen molar-refractivity contribution in [2.24, 2.45) is 0 Å². The van der Waals surface area contributed by atoms with Gasteiger partial charge in [0.05, 0.1) is 5.69 Å². The average Bonchev–Trinajstić information content (AvgIpc) is 2.32. The highest BCUT2D eigenvalue weighted by atomic mass is 19.1. The van der Waals surface area contributed by atoms with E-state index in [1.165, 1.54) is 24.3 Å². The Balaban J connectivity index is 2.52. The van der Waals surface area contributed by atoms with Gasteiger partial charge < -0.3 is 15.1 Å². The van der Waals surface area contributed by atoms with Gasteiger partial charge in [-0.3, -0.25) is 0 Å². The minimum atomic E-state index is -0.340. The summed E-state index contributed by atoms with van der Waals surface area (Å²) in [5.74, 6) is -0.229. The van der Waals surface area contributed by atoms with Gasteiger partial charge in [0.15, 0.2) is 0 Å². The number of hydrogen-bond acceptors (Lipinski definition) is 3. The lowest BCUT2D eigenvalue weighted by molar-refractivity contribution is 0.462. The Bertz CT molecular complexity index is 565. The van der Waals surface area contributed by atoms with Crippen LogP contribution in [0.4, 0.5) is 10.1 Å². The normalized spacial score (nSPS) is 10.4. The Morgan fingerprint density at radius 3 is 2.11 bits per heavy atom. The van der Waals surface area contributed by atoms with Crippen LogP contribution in [0.1, 0.15) is 0 Å². The maximum Gasteiger partial charge on any atom is 0.139 e. The molecule has 0 amide bonds. The number of nitrogens with zero attached hydrogens (tertiary/aromatic N) is 1. The number of phenols is 2. The highest BCUT2D eigenvalue weighted by Gasteiger charge is 2.11. The number of hydrogen-bond donors (Lipinski definition) is 2. The summed E-state index contributed by atoms with van der Waals surface area (Å²) in [7, 11) is 3.54. The summed E-state index contributed by atoms with van der Waals surface area (Å²) >= 11 is 0. The van der Waals surface area contributed by atoms with Crippen molar-refractivity contribution >= 4 is 5.69 Å². The number of aromatic hydroxyl groups is 2. The quantitative estimate of drug-likeness (QED) is 0.802. The molecule has 0 spiro atoms. The van der Waals surface area contributed by atoms with Crippen LogP contribution in [0, 0.1) is 5.82 Å². The van der Waals surface area contributed by atoms with E-state index in [1.807, 2.05) is 0 Å². The van der Waals surface area contributed by atoms with Crippen LogP contribution >= 0.6 is 0 Å². The molecule has 2 N–H and O–H groups in total. The molecule has 0 unspecified atom stereocenters. The summed E-state index contributed by atoms with van der Waals surface area (Å²) < 4.78 is 12.8. The lowest BCUT2D eigenvalue weighted by atomic mass is 10.0. The molecule has 3 nitrogen and oxygen atoms in total. The van der Waals surface area contributed by atoms with E-state index in [0.717, 1.165) is 0 Å². The highest BCUT2D eigenvalue weighted by Crippen LogP contribution is 2.38. The first-order chi connectivity index (χ1) is 8.49. The van der Waals surface area contributed by atoms with Gasteiger partial charge in [-0.05, 0) is 23.8 Å². The van der Waals surface area contributed by atoms with Crippen molar-refractivity contribution in [2.45, 2.75) is 0 Å². The molecule has 0 atom stereocenters. The van der Waals surface area contributed by atoms with Gasteiger partial charge in [-0.25, -0.2) is 4.39 Å². The maximum atomic E-state index is 12.8. The second-order valence-electron chi connectivity index (χ2n) is 4.26. The zero-order valence-electron chi connectivity index (χ0n) is 10.2. The van der Waals surface area contributed by atoms with E-state index in [4.69, 9.17) is 0 Å². The van der Waals surface area contributed by atoms with Crippen LogP contribution in [0.2, 0.25) is 0 Å². The van der Waals surface area contributed by atoms with Crippen LogP contribution in [0.5, 0.6) is 11.5 Å². The van der Waals surface area contributed by atoms with Gasteiger partial charge in [0.25, 0.3) is 0 Å². The molecule has 2 aromatic rings. The van der Waals surface area contributed by atoms with E-state index >= 15 is 0 Å². The van der Waals surface area contributed by atoms with Crippen molar-refractivity contribution in [1.82, 2.24) is 0 Å². The van der Waals surface area contributed by atoms with Gasteiger partial charge in [0.1, 0.15) is 17.3 Å². The largest absolute Gasteiger partial charge is 0.507 e. The van der Waals surface area contributed by atoms with Crippen LogP contribution < -0.4 is 4.90 Å². The van der Waals surface area contributed by atoms with E-state index in [1.54, 1.807) is 31.1 Å². The molecule has 4 heteroatoms. The maximum absolute atomic E-state index is 12.8.